The van der Waals surface area contributed by atoms with Crippen LogP contribution in [0.1, 0.15) is 0 Å². The van der Waals surface area contributed by atoms with Crippen molar-refractivity contribution in [2.45, 2.75) is 4.21 Å². The maximum atomic E-state index is 12.1. The quantitative estimate of drug-likeness (QED) is 0.841. The largest absolute Gasteiger partial charge is 0.273 e. The average Bonchev–Trinajstić information content (AvgIpc) is 2.83. The minimum absolute atomic E-state index is 0.332. The van der Waals surface area contributed by atoms with Gasteiger partial charge in [-0.05, 0) is 23.6 Å². The monoisotopic (exact) mass is 254 g/mol. The van der Waals surface area contributed by atoms with Gasteiger partial charge in [0.1, 0.15) is 4.21 Å². The van der Waals surface area contributed by atoms with Crippen LogP contribution in [0.3, 0.4) is 0 Å². The van der Waals surface area contributed by atoms with E-state index in [0.29, 0.717) is 9.90 Å². The summed E-state index contributed by atoms with van der Waals surface area (Å²) >= 11 is 1.20. The molecule has 0 fully saturated rings. The summed E-state index contributed by atoms with van der Waals surface area (Å²) < 4.78 is 25.8. The number of anilines is 1. The first-order valence-electron chi connectivity index (χ1n) is 4.55. The zero-order valence-electron chi connectivity index (χ0n) is 8.57. The minimum Gasteiger partial charge on any atom is -0.267 e. The predicted octanol–water partition coefficient (Wildman–Crippen LogP) is 1.97. The molecule has 0 unspecified atom stereocenters. The molecule has 0 N–H and O–H groups in total. The van der Waals surface area contributed by atoms with Crippen molar-refractivity contribution < 1.29 is 8.42 Å². The lowest BCUT2D eigenvalue weighted by Gasteiger charge is -2.17. The number of sulfonamides is 1. The third kappa shape index (κ3) is 1.94. The molecule has 0 aliphatic heterocycles. The molecule has 2 aromatic heterocycles. The third-order valence-corrected chi connectivity index (χ3v) is 5.28. The smallest absolute Gasteiger partial charge is 0.267 e. The molecule has 2 heterocycles. The van der Waals surface area contributed by atoms with Crippen molar-refractivity contribution in [1.29, 1.82) is 0 Å². The lowest BCUT2D eigenvalue weighted by molar-refractivity contribution is 0.596. The number of aromatic nitrogens is 1. The Labute approximate surface area is 98.2 Å². The summed E-state index contributed by atoms with van der Waals surface area (Å²) in [6, 6.07) is 6.72. The highest BCUT2D eigenvalue weighted by Gasteiger charge is 2.21. The summed E-state index contributed by atoms with van der Waals surface area (Å²) in [6.45, 7) is 0. The van der Waals surface area contributed by atoms with Crippen molar-refractivity contribution in [2.75, 3.05) is 11.4 Å². The van der Waals surface area contributed by atoms with E-state index < -0.39 is 10.0 Å². The Morgan fingerprint density at radius 2 is 2.12 bits per heavy atom. The first-order chi connectivity index (χ1) is 7.62. The van der Waals surface area contributed by atoms with Crippen LogP contribution in [0.2, 0.25) is 0 Å². The zero-order valence-corrected chi connectivity index (χ0v) is 10.2. The lowest BCUT2D eigenvalue weighted by Crippen LogP contribution is -2.25. The highest BCUT2D eigenvalue weighted by molar-refractivity contribution is 7.94. The second-order valence-corrected chi connectivity index (χ2v) is 6.26. The molecular weight excluding hydrogens is 244 g/mol. The Morgan fingerprint density at radius 3 is 2.69 bits per heavy atom. The molecule has 0 saturated heterocycles. The van der Waals surface area contributed by atoms with Crippen molar-refractivity contribution in [1.82, 2.24) is 4.98 Å². The first kappa shape index (κ1) is 11.1. The molecule has 0 radical (unpaired) electrons. The zero-order chi connectivity index (χ0) is 11.6. The van der Waals surface area contributed by atoms with Crippen LogP contribution in [-0.2, 0) is 10.0 Å². The van der Waals surface area contributed by atoms with Crippen LogP contribution in [0, 0.1) is 0 Å². The van der Waals surface area contributed by atoms with Crippen molar-refractivity contribution in [3.8, 4) is 0 Å². The molecule has 6 heteroatoms. The van der Waals surface area contributed by atoms with Crippen molar-refractivity contribution in [3.05, 3.63) is 42.0 Å². The highest BCUT2D eigenvalue weighted by Crippen LogP contribution is 2.23. The van der Waals surface area contributed by atoms with Crippen molar-refractivity contribution in [2.24, 2.45) is 0 Å². The van der Waals surface area contributed by atoms with Gasteiger partial charge in [0.05, 0.1) is 11.9 Å². The van der Waals surface area contributed by atoms with E-state index in [2.05, 4.69) is 4.98 Å². The Balaban J connectivity index is 2.40. The van der Waals surface area contributed by atoms with E-state index in [1.165, 1.54) is 28.9 Å². The Kier molecular flexibility index (Phi) is 2.93. The number of thiophene rings is 1. The van der Waals surface area contributed by atoms with Gasteiger partial charge in [-0.2, -0.15) is 0 Å². The number of hydrogen-bond donors (Lipinski definition) is 0. The molecule has 0 atom stereocenters. The third-order valence-electron chi connectivity index (χ3n) is 2.12. The SMILES string of the molecule is CN(c1cccnc1)S(=O)(=O)c1cccs1. The Bertz CT molecular complexity index is 550. The second-order valence-electron chi connectivity index (χ2n) is 3.12. The number of pyridine rings is 1. The summed E-state index contributed by atoms with van der Waals surface area (Å²) in [5, 5.41) is 1.74. The topological polar surface area (TPSA) is 50.3 Å². The molecule has 2 aromatic rings. The average molecular weight is 254 g/mol. The Morgan fingerprint density at radius 1 is 1.31 bits per heavy atom. The van der Waals surface area contributed by atoms with Gasteiger partial charge in [0.25, 0.3) is 10.0 Å². The predicted molar refractivity (Wildman–Crippen MR) is 64.1 cm³/mol. The number of hydrogen-bond acceptors (Lipinski definition) is 4. The van der Waals surface area contributed by atoms with Crippen LogP contribution in [0.4, 0.5) is 5.69 Å². The molecule has 0 aliphatic rings. The molecule has 16 heavy (non-hydrogen) atoms. The van der Waals surface area contributed by atoms with Crippen LogP contribution >= 0.6 is 11.3 Å². The van der Waals surface area contributed by atoms with Crippen LogP contribution in [-0.4, -0.2) is 20.4 Å². The molecule has 0 spiro atoms. The van der Waals surface area contributed by atoms with Gasteiger partial charge in [0, 0.05) is 13.2 Å². The van der Waals surface area contributed by atoms with E-state index in [0.717, 1.165) is 0 Å². The van der Waals surface area contributed by atoms with Gasteiger partial charge < -0.3 is 0 Å². The van der Waals surface area contributed by atoms with E-state index in [9.17, 15) is 8.42 Å². The maximum absolute atomic E-state index is 12.1. The number of nitrogens with zero attached hydrogens (tertiary/aromatic N) is 2. The van der Waals surface area contributed by atoms with Gasteiger partial charge in [-0.1, -0.05) is 6.07 Å². The van der Waals surface area contributed by atoms with Crippen LogP contribution in [0.15, 0.2) is 46.2 Å². The standard InChI is InChI=1S/C10H10N2O2S2/c1-12(9-4-2-6-11-8-9)16(13,14)10-5-3-7-15-10/h2-8H,1H3. The summed E-state index contributed by atoms with van der Waals surface area (Å²) in [6.07, 6.45) is 3.13. The van der Waals surface area contributed by atoms with Gasteiger partial charge in [0.2, 0.25) is 0 Å². The van der Waals surface area contributed by atoms with E-state index in [1.54, 1.807) is 35.8 Å². The minimum atomic E-state index is -3.44. The summed E-state index contributed by atoms with van der Waals surface area (Å²) in [7, 11) is -1.92. The molecule has 0 saturated carbocycles. The van der Waals surface area contributed by atoms with Crippen molar-refractivity contribution in [3.63, 3.8) is 0 Å². The molecule has 2 rings (SSSR count). The second kappa shape index (κ2) is 4.23. The number of rotatable bonds is 3. The van der Waals surface area contributed by atoms with E-state index in [4.69, 9.17) is 0 Å². The molecular formula is C10H10N2O2S2. The first-order valence-corrected chi connectivity index (χ1v) is 6.87. The summed E-state index contributed by atoms with van der Waals surface area (Å²) in [5.41, 5.74) is 0.552. The van der Waals surface area contributed by atoms with Gasteiger partial charge in [-0.25, -0.2) is 8.42 Å². The van der Waals surface area contributed by atoms with Crippen LogP contribution in [0.5, 0.6) is 0 Å². The maximum Gasteiger partial charge on any atom is 0.273 e. The van der Waals surface area contributed by atoms with Crippen molar-refractivity contribution >= 4 is 27.0 Å². The molecule has 4 nitrogen and oxygen atoms in total. The molecule has 0 aliphatic carbocycles. The lowest BCUT2D eigenvalue weighted by atomic mass is 10.4. The van der Waals surface area contributed by atoms with E-state index in [1.807, 2.05) is 0 Å². The van der Waals surface area contributed by atoms with Gasteiger partial charge in [0.15, 0.2) is 0 Å². The molecule has 84 valence electrons. The summed E-state index contributed by atoms with van der Waals surface area (Å²) in [5.74, 6) is 0. The van der Waals surface area contributed by atoms with Gasteiger partial charge >= 0.3 is 0 Å². The summed E-state index contributed by atoms with van der Waals surface area (Å²) in [4.78, 5) is 3.90. The van der Waals surface area contributed by atoms with Gasteiger partial charge in [-0.3, -0.25) is 9.29 Å². The van der Waals surface area contributed by atoms with E-state index in [-0.39, 0.29) is 0 Å². The highest BCUT2D eigenvalue weighted by atomic mass is 32.2. The van der Waals surface area contributed by atoms with E-state index >= 15 is 0 Å². The van der Waals surface area contributed by atoms with Gasteiger partial charge in [-0.15, -0.1) is 11.3 Å². The van der Waals surface area contributed by atoms with Crippen LogP contribution in [0.25, 0.3) is 0 Å². The Hall–Kier alpha value is -1.40. The fraction of sp³-hybridized carbons (Fsp3) is 0.100. The molecule has 0 bridgehead atoms. The molecule has 0 aromatic carbocycles. The fourth-order valence-corrected chi connectivity index (χ4v) is 3.57. The molecule has 0 amide bonds. The fourth-order valence-electron chi connectivity index (χ4n) is 1.22. The van der Waals surface area contributed by atoms with Crippen LogP contribution < -0.4 is 4.31 Å². The normalized spacial score (nSPS) is 11.3.